The van der Waals surface area contributed by atoms with E-state index in [9.17, 15) is 0 Å². The zero-order valence-electron chi connectivity index (χ0n) is 34.9. The van der Waals surface area contributed by atoms with Crippen molar-refractivity contribution in [2.45, 2.75) is 44.9 Å². The van der Waals surface area contributed by atoms with Gasteiger partial charge in [-0.1, -0.05) is 146 Å². The second-order valence-electron chi connectivity index (χ2n) is 17.0. The van der Waals surface area contributed by atoms with E-state index in [0.717, 1.165) is 19.3 Å². The number of hydrogen-bond donors (Lipinski definition) is 0. The van der Waals surface area contributed by atoms with Crippen molar-refractivity contribution in [3.05, 3.63) is 216 Å². The zero-order valence-corrected chi connectivity index (χ0v) is 36.6. The molecule has 1 aliphatic rings. The summed E-state index contributed by atoms with van der Waals surface area (Å²) in [7, 11) is 0. The maximum absolute atomic E-state index is 2.56. The van der Waals surface area contributed by atoms with Crippen LogP contribution in [0, 0.1) is 6.92 Å². The Kier molecular flexibility index (Phi) is 9.09. The molecule has 298 valence electrons. The molecule has 0 amide bonds. The van der Waals surface area contributed by atoms with Gasteiger partial charge in [0.1, 0.15) is 0 Å². The first kappa shape index (κ1) is 37.3. The van der Waals surface area contributed by atoms with Gasteiger partial charge in [0.05, 0.1) is 11.2 Å². The fourth-order valence-corrected chi connectivity index (χ4v) is 13.1. The minimum absolute atomic E-state index is 0.225. The first-order valence-corrected chi connectivity index (χ1v) is 23.7. The molecule has 0 saturated heterocycles. The third-order valence-corrected chi connectivity index (χ3v) is 16.0. The summed E-state index contributed by atoms with van der Waals surface area (Å²) in [6, 6.07) is 66.1. The molecular weight excluding hydrogens is 787 g/mol. The lowest BCUT2D eigenvalue weighted by molar-refractivity contribution is 0.662. The summed E-state index contributed by atoms with van der Waals surface area (Å²) in [6.45, 7) is 4.70. The molecule has 0 radical (unpaired) electrons. The summed E-state index contributed by atoms with van der Waals surface area (Å²) in [5, 5.41) is 6.77. The molecule has 11 aromatic rings. The molecule has 2 unspecified atom stereocenters. The third-order valence-electron chi connectivity index (χ3n) is 13.6. The highest BCUT2D eigenvalue weighted by Gasteiger charge is 2.30. The van der Waals surface area contributed by atoms with Crippen molar-refractivity contribution in [3.8, 4) is 27.9 Å². The van der Waals surface area contributed by atoms with Crippen LogP contribution in [0.2, 0.25) is 0 Å². The van der Waals surface area contributed by atoms with Crippen LogP contribution in [0.5, 0.6) is 0 Å². The van der Waals surface area contributed by atoms with Gasteiger partial charge < -0.3 is 4.57 Å². The average Bonchev–Trinajstić information content (AvgIpc) is 4.01. The molecule has 12 rings (SSSR count). The number of rotatable bonds is 8. The number of thiophene rings is 2. The number of allylic oxidation sites excluding steroid dienone is 1. The molecule has 0 spiro atoms. The van der Waals surface area contributed by atoms with Crippen LogP contribution < -0.4 is 0 Å². The topological polar surface area (TPSA) is 4.93 Å². The Balaban J connectivity index is 1.000. The molecular formula is C59H45NS2. The maximum Gasteiger partial charge on any atom is 0.0537 e. The second kappa shape index (κ2) is 15.1. The van der Waals surface area contributed by atoms with E-state index in [0.29, 0.717) is 5.92 Å². The van der Waals surface area contributed by atoms with Gasteiger partial charge in [0, 0.05) is 68.5 Å². The number of nitrogens with zero attached hydrogens (tertiary/aromatic N) is 1. The molecule has 1 aliphatic carbocycles. The van der Waals surface area contributed by atoms with E-state index < -0.39 is 0 Å². The van der Waals surface area contributed by atoms with E-state index in [1.54, 1.807) is 0 Å². The van der Waals surface area contributed by atoms with E-state index in [4.69, 9.17) is 0 Å². The van der Waals surface area contributed by atoms with Crippen molar-refractivity contribution in [2.75, 3.05) is 0 Å². The van der Waals surface area contributed by atoms with E-state index in [1.165, 1.54) is 113 Å². The summed E-state index contributed by atoms with van der Waals surface area (Å²) in [6.07, 6.45) is 7.74. The Morgan fingerprint density at radius 1 is 0.581 bits per heavy atom. The van der Waals surface area contributed by atoms with Gasteiger partial charge >= 0.3 is 0 Å². The van der Waals surface area contributed by atoms with Crippen molar-refractivity contribution >= 4 is 80.0 Å². The highest BCUT2D eigenvalue weighted by Crippen LogP contribution is 2.49. The summed E-state index contributed by atoms with van der Waals surface area (Å²) in [5.74, 6) is 0.559. The molecule has 8 aromatic carbocycles. The molecule has 3 aromatic heterocycles. The van der Waals surface area contributed by atoms with Crippen LogP contribution in [-0.4, -0.2) is 4.57 Å². The van der Waals surface area contributed by atoms with E-state index >= 15 is 0 Å². The van der Waals surface area contributed by atoms with Crippen molar-refractivity contribution in [1.82, 2.24) is 4.57 Å². The molecule has 0 fully saturated rings. The molecule has 1 nitrogen and oxygen atoms in total. The summed E-state index contributed by atoms with van der Waals surface area (Å²) in [4.78, 5) is 0. The standard InChI is InChI=1S/C59H45NS2/c1-3-38(40-35-50-44-24-11-14-33-55(44)62-59(50)51(36-40)48-29-16-28-47-43-23-10-13-32-54(43)61-58(47)48)34-39-19-7-8-22-42(39)56-37(2)18-15-26-45(56)46-27-17-31-53-57(46)49-25-9-12-30-52(49)60(53)41-20-5-4-6-21-41/h4-26,28-33,35-36,38,46H,3,27,34H2,1-2H3. The number of hydrogen-bond acceptors (Lipinski definition) is 2. The largest absolute Gasteiger partial charge is 0.310 e. The Morgan fingerprint density at radius 2 is 1.23 bits per heavy atom. The van der Waals surface area contributed by atoms with Crippen LogP contribution in [-0.2, 0) is 6.42 Å². The molecule has 0 aliphatic heterocycles. The normalized spacial score (nSPS) is 14.4. The summed E-state index contributed by atoms with van der Waals surface area (Å²) < 4.78 is 7.92. The van der Waals surface area contributed by atoms with Gasteiger partial charge in [-0.15, -0.1) is 22.7 Å². The minimum Gasteiger partial charge on any atom is -0.310 e. The van der Waals surface area contributed by atoms with Crippen molar-refractivity contribution in [3.63, 3.8) is 0 Å². The average molecular weight is 832 g/mol. The van der Waals surface area contributed by atoms with Gasteiger partial charge in [-0.05, 0) is 120 Å². The Morgan fingerprint density at radius 3 is 2.03 bits per heavy atom. The number of fused-ring (bicyclic) bond motifs is 9. The Labute approximate surface area is 370 Å². The van der Waals surface area contributed by atoms with Gasteiger partial charge in [0.15, 0.2) is 0 Å². The van der Waals surface area contributed by atoms with Crippen molar-refractivity contribution in [2.24, 2.45) is 0 Å². The summed E-state index contributed by atoms with van der Waals surface area (Å²) in [5.41, 5.74) is 16.2. The van der Waals surface area contributed by atoms with Crippen LogP contribution in [0.1, 0.15) is 65.1 Å². The second-order valence-corrected chi connectivity index (χ2v) is 19.1. The predicted molar refractivity (Wildman–Crippen MR) is 270 cm³/mol. The Bertz CT molecular complexity index is 3540. The van der Waals surface area contributed by atoms with Gasteiger partial charge in [0.2, 0.25) is 0 Å². The highest BCUT2D eigenvalue weighted by molar-refractivity contribution is 7.27. The molecule has 0 N–H and O–H groups in total. The van der Waals surface area contributed by atoms with Gasteiger partial charge in [-0.25, -0.2) is 0 Å². The van der Waals surface area contributed by atoms with E-state index in [1.807, 2.05) is 22.7 Å². The van der Waals surface area contributed by atoms with Gasteiger partial charge in [0.25, 0.3) is 0 Å². The van der Waals surface area contributed by atoms with Crippen molar-refractivity contribution in [1.29, 1.82) is 0 Å². The SMILES string of the molecule is CCC(Cc1ccccc1-c1c(C)cccc1C1CC=Cc2c1c1ccccc1n2-c1ccccc1)c1cc(-c2cccc3c2sc2ccccc23)c2sc3ccccc3c2c1. The molecule has 3 heterocycles. The lowest BCUT2D eigenvalue weighted by atomic mass is 9.77. The minimum atomic E-state index is 0.225. The number of benzene rings is 8. The first-order valence-electron chi connectivity index (χ1n) is 22.0. The fourth-order valence-electron chi connectivity index (χ4n) is 10.7. The maximum atomic E-state index is 2.56. The number of aryl methyl sites for hydroxylation is 1. The van der Waals surface area contributed by atoms with Crippen LogP contribution in [0.3, 0.4) is 0 Å². The lowest BCUT2D eigenvalue weighted by Gasteiger charge is -2.26. The molecule has 0 saturated carbocycles. The number of aromatic nitrogens is 1. The molecule has 2 atom stereocenters. The lowest BCUT2D eigenvalue weighted by Crippen LogP contribution is -2.10. The van der Waals surface area contributed by atoms with Crippen molar-refractivity contribution < 1.29 is 0 Å². The highest BCUT2D eigenvalue weighted by atomic mass is 32.1. The fraction of sp³-hybridized carbons (Fsp3) is 0.119. The number of para-hydroxylation sites is 2. The molecule has 0 bridgehead atoms. The van der Waals surface area contributed by atoms with Crippen LogP contribution in [0.4, 0.5) is 0 Å². The molecule has 3 heteroatoms. The zero-order chi connectivity index (χ0) is 41.3. The monoisotopic (exact) mass is 831 g/mol. The van der Waals surface area contributed by atoms with Crippen LogP contribution >= 0.6 is 22.7 Å². The predicted octanol–water partition coefficient (Wildman–Crippen LogP) is 17.3. The smallest absolute Gasteiger partial charge is 0.0537 e. The van der Waals surface area contributed by atoms with Crippen LogP contribution in [0.15, 0.2) is 182 Å². The van der Waals surface area contributed by atoms with Gasteiger partial charge in [-0.3, -0.25) is 0 Å². The third kappa shape index (κ3) is 5.94. The van der Waals surface area contributed by atoms with E-state index in [-0.39, 0.29) is 5.92 Å². The van der Waals surface area contributed by atoms with Gasteiger partial charge in [-0.2, -0.15) is 0 Å². The summed E-state index contributed by atoms with van der Waals surface area (Å²) >= 11 is 3.87. The molecule has 62 heavy (non-hydrogen) atoms. The van der Waals surface area contributed by atoms with E-state index in [2.05, 4.69) is 206 Å². The Hall–Kier alpha value is -6.52. The quantitative estimate of drug-likeness (QED) is 0.144. The van der Waals surface area contributed by atoms with Crippen LogP contribution in [0.25, 0.3) is 85.3 Å². The first-order chi connectivity index (χ1) is 30.6.